The van der Waals surface area contributed by atoms with Crippen LogP contribution in [0.25, 0.3) is 0 Å². The summed E-state index contributed by atoms with van der Waals surface area (Å²) in [6.07, 6.45) is 0.135. The zero-order chi connectivity index (χ0) is 12.3. The topological polar surface area (TPSA) is 99.6 Å². The van der Waals surface area contributed by atoms with Crippen LogP contribution in [0.5, 0.6) is 11.5 Å². The first-order valence-corrected chi connectivity index (χ1v) is 5.35. The fourth-order valence-corrected chi connectivity index (χ4v) is 1.67. The Kier molecular flexibility index (Phi) is 3.46. The summed E-state index contributed by atoms with van der Waals surface area (Å²) in [5.74, 6) is 6.08. The molecule has 1 amide bonds. The molecule has 1 unspecified atom stereocenters. The van der Waals surface area contributed by atoms with Crippen LogP contribution >= 0.6 is 0 Å². The molecule has 0 radical (unpaired) electrons. The highest BCUT2D eigenvalue weighted by Gasteiger charge is 2.16. The van der Waals surface area contributed by atoms with Crippen molar-refractivity contribution >= 4 is 5.91 Å². The van der Waals surface area contributed by atoms with Gasteiger partial charge in [0.15, 0.2) is 11.5 Å². The fourth-order valence-electron chi connectivity index (χ4n) is 1.67. The first-order chi connectivity index (χ1) is 8.20. The van der Waals surface area contributed by atoms with E-state index >= 15 is 0 Å². The van der Waals surface area contributed by atoms with Gasteiger partial charge >= 0.3 is 0 Å². The van der Waals surface area contributed by atoms with E-state index in [9.17, 15) is 4.79 Å². The minimum atomic E-state index is -0.408. The van der Waals surface area contributed by atoms with Crippen molar-refractivity contribution in [1.29, 1.82) is 0 Å². The number of carbonyl (C=O) groups excluding carboxylic acids is 1. The van der Waals surface area contributed by atoms with Crippen LogP contribution in [0.15, 0.2) is 18.2 Å². The summed E-state index contributed by atoms with van der Waals surface area (Å²) in [4.78, 5) is 11.1. The Hall–Kier alpha value is -1.79. The van der Waals surface area contributed by atoms with Crippen LogP contribution in [0.4, 0.5) is 0 Å². The number of carbonyl (C=O) groups is 1. The number of nitrogens with two attached hydrogens (primary N) is 2. The molecule has 1 aromatic rings. The summed E-state index contributed by atoms with van der Waals surface area (Å²) in [7, 11) is 0. The maximum atomic E-state index is 11.1. The van der Waals surface area contributed by atoms with Gasteiger partial charge < -0.3 is 15.2 Å². The van der Waals surface area contributed by atoms with Crippen molar-refractivity contribution in [2.75, 3.05) is 13.2 Å². The van der Waals surface area contributed by atoms with Crippen molar-refractivity contribution in [1.82, 2.24) is 5.43 Å². The quantitative estimate of drug-likeness (QED) is 0.385. The Labute approximate surface area is 98.8 Å². The van der Waals surface area contributed by atoms with E-state index in [1.165, 1.54) is 0 Å². The zero-order valence-electron chi connectivity index (χ0n) is 9.31. The molecule has 6 heteroatoms. The minimum Gasteiger partial charge on any atom is -0.486 e. The molecule has 0 spiro atoms. The molecule has 1 aliphatic heterocycles. The molecule has 6 nitrogen and oxygen atoms in total. The highest BCUT2D eigenvalue weighted by Crippen LogP contribution is 2.32. The first-order valence-electron chi connectivity index (χ1n) is 5.35. The average molecular weight is 237 g/mol. The SMILES string of the molecule is NNC(=O)CC(N)c1ccc2c(c1)OCCO2. The van der Waals surface area contributed by atoms with Gasteiger partial charge in [0.05, 0.1) is 0 Å². The Morgan fingerprint density at radius 2 is 2.06 bits per heavy atom. The Bertz CT molecular complexity index is 422. The number of hydrazine groups is 1. The number of hydrogen-bond acceptors (Lipinski definition) is 5. The van der Waals surface area contributed by atoms with Crippen LogP contribution in [0.1, 0.15) is 18.0 Å². The van der Waals surface area contributed by atoms with Crippen LogP contribution < -0.4 is 26.5 Å². The van der Waals surface area contributed by atoms with Crippen LogP contribution in [0.2, 0.25) is 0 Å². The number of amides is 1. The van der Waals surface area contributed by atoms with Crippen LogP contribution in [-0.4, -0.2) is 19.1 Å². The van der Waals surface area contributed by atoms with Crippen molar-refractivity contribution in [3.63, 3.8) is 0 Å². The average Bonchev–Trinajstić information content (AvgIpc) is 2.38. The third-order valence-corrected chi connectivity index (χ3v) is 2.56. The molecule has 1 aromatic carbocycles. The van der Waals surface area contributed by atoms with E-state index in [0.29, 0.717) is 24.7 Å². The lowest BCUT2D eigenvalue weighted by Crippen LogP contribution is -2.32. The standard InChI is InChI=1S/C11H15N3O3/c12-8(6-11(15)14-13)7-1-2-9-10(5-7)17-4-3-16-9/h1-2,5,8H,3-4,6,12-13H2,(H,14,15). The molecule has 0 saturated carbocycles. The van der Waals surface area contributed by atoms with Gasteiger partial charge in [0.2, 0.25) is 5.91 Å². The van der Waals surface area contributed by atoms with Gasteiger partial charge in [0.1, 0.15) is 13.2 Å². The predicted molar refractivity (Wildman–Crippen MR) is 61.3 cm³/mol. The Balaban J connectivity index is 2.13. The van der Waals surface area contributed by atoms with E-state index in [1.54, 1.807) is 12.1 Å². The molecule has 17 heavy (non-hydrogen) atoms. The van der Waals surface area contributed by atoms with Crippen LogP contribution in [0, 0.1) is 0 Å². The minimum absolute atomic E-state index is 0.135. The van der Waals surface area contributed by atoms with E-state index in [1.807, 2.05) is 6.07 Å². The zero-order valence-corrected chi connectivity index (χ0v) is 9.31. The summed E-state index contributed by atoms with van der Waals surface area (Å²) in [5, 5.41) is 0. The van der Waals surface area contributed by atoms with E-state index < -0.39 is 6.04 Å². The second-order valence-electron chi connectivity index (χ2n) is 3.78. The third kappa shape index (κ3) is 2.66. The highest BCUT2D eigenvalue weighted by molar-refractivity contribution is 5.76. The van der Waals surface area contributed by atoms with Gasteiger partial charge in [-0.1, -0.05) is 6.07 Å². The maximum Gasteiger partial charge on any atom is 0.235 e. The van der Waals surface area contributed by atoms with Gasteiger partial charge in [0.25, 0.3) is 0 Å². The van der Waals surface area contributed by atoms with E-state index in [-0.39, 0.29) is 12.3 Å². The lowest BCUT2D eigenvalue weighted by molar-refractivity contribution is -0.121. The molecule has 0 fully saturated rings. The molecule has 1 atom stereocenters. The van der Waals surface area contributed by atoms with Crippen LogP contribution in [0.3, 0.4) is 0 Å². The molecule has 0 bridgehead atoms. The van der Waals surface area contributed by atoms with Crippen molar-refractivity contribution in [2.45, 2.75) is 12.5 Å². The molecule has 1 aliphatic rings. The second kappa shape index (κ2) is 5.03. The monoisotopic (exact) mass is 237 g/mol. The van der Waals surface area contributed by atoms with Crippen molar-refractivity contribution < 1.29 is 14.3 Å². The number of hydrogen-bond donors (Lipinski definition) is 3. The molecule has 0 saturated heterocycles. The molecule has 1 heterocycles. The summed E-state index contributed by atoms with van der Waals surface area (Å²) in [6.45, 7) is 1.07. The Morgan fingerprint density at radius 3 is 2.76 bits per heavy atom. The van der Waals surface area contributed by atoms with Crippen molar-refractivity contribution in [3.8, 4) is 11.5 Å². The van der Waals surface area contributed by atoms with Crippen molar-refractivity contribution in [2.24, 2.45) is 11.6 Å². The highest BCUT2D eigenvalue weighted by atomic mass is 16.6. The normalized spacial score (nSPS) is 15.2. The lowest BCUT2D eigenvalue weighted by atomic mass is 10.0. The number of ether oxygens (including phenoxy) is 2. The number of rotatable bonds is 3. The first kappa shape index (κ1) is 11.7. The number of nitrogens with one attached hydrogen (secondary N) is 1. The van der Waals surface area contributed by atoms with Gasteiger partial charge in [-0.05, 0) is 17.7 Å². The smallest absolute Gasteiger partial charge is 0.235 e. The van der Waals surface area contributed by atoms with Crippen LogP contribution in [-0.2, 0) is 4.79 Å². The van der Waals surface area contributed by atoms with E-state index in [0.717, 1.165) is 5.56 Å². The number of fused-ring (bicyclic) bond motifs is 1. The van der Waals surface area contributed by atoms with E-state index in [2.05, 4.69) is 5.43 Å². The molecule has 2 rings (SSSR count). The van der Waals surface area contributed by atoms with Gasteiger partial charge in [-0.2, -0.15) is 0 Å². The summed E-state index contributed by atoms with van der Waals surface area (Å²) < 4.78 is 10.8. The fraction of sp³-hybridized carbons (Fsp3) is 0.364. The Morgan fingerprint density at radius 1 is 1.35 bits per heavy atom. The number of benzene rings is 1. The lowest BCUT2D eigenvalue weighted by Gasteiger charge is -2.20. The summed E-state index contributed by atoms with van der Waals surface area (Å²) in [6, 6.07) is 5.00. The third-order valence-electron chi connectivity index (χ3n) is 2.56. The summed E-state index contributed by atoms with van der Waals surface area (Å²) >= 11 is 0. The molecular weight excluding hydrogens is 222 g/mol. The molecular formula is C11H15N3O3. The largest absolute Gasteiger partial charge is 0.486 e. The van der Waals surface area contributed by atoms with E-state index in [4.69, 9.17) is 21.1 Å². The summed E-state index contributed by atoms with van der Waals surface area (Å²) in [5.41, 5.74) is 8.76. The van der Waals surface area contributed by atoms with Gasteiger partial charge in [0, 0.05) is 12.5 Å². The van der Waals surface area contributed by atoms with Gasteiger partial charge in [-0.15, -0.1) is 0 Å². The van der Waals surface area contributed by atoms with Gasteiger partial charge in [-0.25, -0.2) is 5.84 Å². The molecule has 5 N–H and O–H groups in total. The van der Waals surface area contributed by atoms with Crippen molar-refractivity contribution in [3.05, 3.63) is 23.8 Å². The van der Waals surface area contributed by atoms with Gasteiger partial charge in [-0.3, -0.25) is 10.2 Å². The molecule has 0 aromatic heterocycles. The predicted octanol–water partition coefficient (Wildman–Crippen LogP) is -0.162. The molecule has 0 aliphatic carbocycles. The maximum absolute atomic E-state index is 11.1. The molecule has 92 valence electrons. The second-order valence-corrected chi connectivity index (χ2v) is 3.78.